The second kappa shape index (κ2) is 8.11. The van der Waals surface area contributed by atoms with Crippen molar-refractivity contribution in [1.29, 1.82) is 0 Å². The fourth-order valence-electron chi connectivity index (χ4n) is 2.11. The summed E-state index contributed by atoms with van der Waals surface area (Å²) < 4.78 is 10.8. The minimum Gasteiger partial charge on any atom is -0.496 e. The quantitative estimate of drug-likeness (QED) is 0.622. The predicted octanol–water partition coefficient (Wildman–Crippen LogP) is 5.00. The van der Waals surface area contributed by atoms with Gasteiger partial charge in [-0.15, -0.1) is 0 Å². The third-order valence-electron chi connectivity index (χ3n) is 3.63. The highest BCUT2D eigenvalue weighted by atomic mass is 16.5. The largest absolute Gasteiger partial charge is 0.496 e. The number of allylic oxidation sites excluding steroid dienone is 1. The summed E-state index contributed by atoms with van der Waals surface area (Å²) in [7, 11) is 3.50. The van der Waals surface area contributed by atoms with E-state index in [0.717, 1.165) is 24.2 Å². The molecule has 112 valence electrons. The number of aryl methyl sites for hydroxylation is 1. The first-order valence-corrected chi connectivity index (χ1v) is 7.35. The molecular formula is C18H28O2. The topological polar surface area (TPSA) is 18.5 Å². The highest BCUT2D eigenvalue weighted by Crippen LogP contribution is 2.22. The average Bonchev–Trinajstić information content (AvgIpc) is 2.43. The third-order valence-corrected chi connectivity index (χ3v) is 3.63. The summed E-state index contributed by atoms with van der Waals surface area (Å²) in [5, 5.41) is 0. The van der Waals surface area contributed by atoms with Crippen molar-refractivity contribution >= 4 is 6.08 Å². The Balaban J connectivity index is 2.40. The molecule has 0 saturated heterocycles. The molecule has 0 aliphatic rings. The number of rotatable bonds is 8. The van der Waals surface area contributed by atoms with E-state index in [9.17, 15) is 0 Å². The summed E-state index contributed by atoms with van der Waals surface area (Å²) >= 11 is 0. The van der Waals surface area contributed by atoms with Crippen molar-refractivity contribution in [2.75, 3.05) is 14.2 Å². The lowest BCUT2D eigenvalue weighted by molar-refractivity contribution is 0.0136. The van der Waals surface area contributed by atoms with Gasteiger partial charge >= 0.3 is 0 Å². The molecule has 0 atom stereocenters. The molecule has 1 aromatic rings. The van der Waals surface area contributed by atoms with Crippen LogP contribution in [0.15, 0.2) is 24.3 Å². The summed E-state index contributed by atoms with van der Waals surface area (Å²) in [5.74, 6) is 0.937. The van der Waals surface area contributed by atoms with E-state index in [1.807, 2.05) is 6.07 Å². The first-order valence-electron chi connectivity index (χ1n) is 7.35. The van der Waals surface area contributed by atoms with Crippen LogP contribution in [0, 0.1) is 6.92 Å². The van der Waals surface area contributed by atoms with Gasteiger partial charge in [0, 0.05) is 12.7 Å². The Morgan fingerprint density at radius 3 is 2.55 bits per heavy atom. The molecule has 0 radical (unpaired) electrons. The molecule has 0 heterocycles. The van der Waals surface area contributed by atoms with Gasteiger partial charge in [-0.05, 0) is 52.2 Å². The molecule has 0 saturated carbocycles. The first kappa shape index (κ1) is 16.8. The molecule has 0 spiro atoms. The van der Waals surface area contributed by atoms with Crippen molar-refractivity contribution in [2.45, 2.75) is 52.1 Å². The lowest BCUT2D eigenvalue weighted by Crippen LogP contribution is -2.21. The number of hydrogen-bond donors (Lipinski definition) is 0. The van der Waals surface area contributed by atoms with E-state index >= 15 is 0 Å². The normalized spacial score (nSPS) is 12.1. The molecule has 0 fully saturated rings. The molecule has 0 N–H and O–H groups in total. The predicted molar refractivity (Wildman–Crippen MR) is 86.3 cm³/mol. The zero-order valence-electron chi connectivity index (χ0n) is 13.5. The molecular weight excluding hydrogens is 248 g/mol. The maximum Gasteiger partial charge on any atom is 0.126 e. The highest BCUT2D eigenvalue weighted by molar-refractivity contribution is 5.58. The van der Waals surface area contributed by atoms with E-state index in [4.69, 9.17) is 9.47 Å². The smallest absolute Gasteiger partial charge is 0.126 e. The molecule has 0 amide bonds. The molecule has 1 aromatic carbocycles. The molecule has 0 bridgehead atoms. The second-order valence-electron chi connectivity index (χ2n) is 5.86. The Kier molecular flexibility index (Phi) is 6.80. The zero-order chi connectivity index (χ0) is 15.0. The van der Waals surface area contributed by atoms with E-state index in [0.29, 0.717) is 0 Å². The SMILES string of the molecule is COc1ccc(C)cc1/C=C/CCCCC(C)(C)OC. The summed E-state index contributed by atoms with van der Waals surface area (Å²) in [6.45, 7) is 6.38. The Morgan fingerprint density at radius 1 is 1.15 bits per heavy atom. The van der Waals surface area contributed by atoms with Crippen molar-refractivity contribution in [3.05, 3.63) is 35.4 Å². The summed E-state index contributed by atoms with van der Waals surface area (Å²) in [6.07, 6.45) is 8.97. The number of ether oxygens (including phenoxy) is 2. The van der Waals surface area contributed by atoms with Crippen molar-refractivity contribution < 1.29 is 9.47 Å². The van der Waals surface area contributed by atoms with Crippen LogP contribution in [0.2, 0.25) is 0 Å². The zero-order valence-corrected chi connectivity index (χ0v) is 13.5. The molecule has 0 aliphatic carbocycles. The Bertz CT molecular complexity index is 433. The van der Waals surface area contributed by atoms with Crippen molar-refractivity contribution in [3.8, 4) is 5.75 Å². The number of benzene rings is 1. The van der Waals surface area contributed by atoms with Gasteiger partial charge in [-0.2, -0.15) is 0 Å². The monoisotopic (exact) mass is 276 g/mol. The van der Waals surface area contributed by atoms with Gasteiger partial charge in [0.25, 0.3) is 0 Å². The third kappa shape index (κ3) is 5.79. The Hall–Kier alpha value is -1.28. The summed E-state index contributed by atoms with van der Waals surface area (Å²) in [6, 6.07) is 6.25. The number of unbranched alkanes of at least 4 members (excludes halogenated alkanes) is 2. The van der Waals surface area contributed by atoms with Crippen LogP contribution in [-0.2, 0) is 4.74 Å². The minimum atomic E-state index is 0.00345. The lowest BCUT2D eigenvalue weighted by Gasteiger charge is -2.22. The number of hydrogen-bond acceptors (Lipinski definition) is 2. The van der Waals surface area contributed by atoms with Gasteiger partial charge in [-0.1, -0.05) is 30.2 Å². The fourth-order valence-corrected chi connectivity index (χ4v) is 2.11. The second-order valence-corrected chi connectivity index (χ2v) is 5.86. The van der Waals surface area contributed by atoms with Gasteiger partial charge in [0.1, 0.15) is 5.75 Å². The van der Waals surface area contributed by atoms with Crippen molar-refractivity contribution in [3.63, 3.8) is 0 Å². The first-order chi connectivity index (χ1) is 9.48. The van der Waals surface area contributed by atoms with Crippen LogP contribution < -0.4 is 4.74 Å². The summed E-state index contributed by atoms with van der Waals surface area (Å²) in [4.78, 5) is 0. The fraction of sp³-hybridized carbons (Fsp3) is 0.556. The van der Waals surface area contributed by atoms with E-state index in [-0.39, 0.29) is 5.60 Å². The van der Waals surface area contributed by atoms with Gasteiger partial charge < -0.3 is 9.47 Å². The maximum absolute atomic E-state index is 5.42. The molecule has 1 rings (SSSR count). The van der Waals surface area contributed by atoms with Crippen molar-refractivity contribution in [1.82, 2.24) is 0 Å². The van der Waals surface area contributed by atoms with Crippen LogP contribution in [0.4, 0.5) is 0 Å². The Labute approximate surface area is 123 Å². The van der Waals surface area contributed by atoms with E-state index in [1.165, 1.54) is 18.4 Å². The molecule has 0 unspecified atom stereocenters. The van der Waals surface area contributed by atoms with Gasteiger partial charge in [-0.25, -0.2) is 0 Å². The average molecular weight is 276 g/mol. The van der Waals surface area contributed by atoms with Crippen LogP contribution in [0.25, 0.3) is 6.08 Å². The van der Waals surface area contributed by atoms with Crippen LogP contribution in [0.3, 0.4) is 0 Å². The molecule has 0 aliphatic heterocycles. The van der Waals surface area contributed by atoms with Gasteiger partial charge in [0.2, 0.25) is 0 Å². The minimum absolute atomic E-state index is 0.00345. The molecule has 2 nitrogen and oxygen atoms in total. The molecule has 2 heteroatoms. The lowest BCUT2D eigenvalue weighted by atomic mass is 10.0. The van der Waals surface area contributed by atoms with Crippen LogP contribution in [-0.4, -0.2) is 19.8 Å². The van der Waals surface area contributed by atoms with E-state index < -0.39 is 0 Å². The van der Waals surface area contributed by atoms with Gasteiger partial charge in [-0.3, -0.25) is 0 Å². The van der Waals surface area contributed by atoms with Crippen molar-refractivity contribution in [2.24, 2.45) is 0 Å². The van der Waals surface area contributed by atoms with E-state index in [2.05, 4.69) is 45.1 Å². The van der Waals surface area contributed by atoms with E-state index in [1.54, 1.807) is 14.2 Å². The molecule has 20 heavy (non-hydrogen) atoms. The Morgan fingerprint density at radius 2 is 1.90 bits per heavy atom. The highest BCUT2D eigenvalue weighted by Gasteiger charge is 2.14. The van der Waals surface area contributed by atoms with Gasteiger partial charge in [0.15, 0.2) is 0 Å². The summed E-state index contributed by atoms with van der Waals surface area (Å²) in [5.41, 5.74) is 2.42. The van der Waals surface area contributed by atoms with Crippen LogP contribution in [0.1, 0.15) is 50.7 Å². The molecule has 0 aromatic heterocycles. The van der Waals surface area contributed by atoms with Gasteiger partial charge in [0.05, 0.1) is 12.7 Å². The number of methoxy groups -OCH3 is 2. The maximum atomic E-state index is 5.42. The standard InChI is InChI=1S/C18H28O2/c1-15-11-12-17(19-4)16(14-15)10-8-6-7-9-13-18(2,3)20-5/h8,10-12,14H,6-7,9,13H2,1-5H3/b10-8+. The van der Waals surface area contributed by atoms with Crippen LogP contribution >= 0.6 is 0 Å². The van der Waals surface area contributed by atoms with Crippen LogP contribution in [0.5, 0.6) is 5.75 Å².